The van der Waals surface area contributed by atoms with Crippen LogP contribution in [0.4, 0.5) is 0 Å². The van der Waals surface area contributed by atoms with Crippen LogP contribution >= 0.6 is 11.6 Å². The van der Waals surface area contributed by atoms with Gasteiger partial charge in [0.25, 0.3) is 0 Å². The Labute approximate surface area is 101 Å². The molecule has 0 atom stereocenters. The number of rotatable bonds is 2. The number of nitrogens with zero attached hydrogens (tertiary/aromatic N) is 1. The average molecular weight is 237 g/mol. The molecular weight excluding hydrogens is 220 g/mol. The first-order valence-electron chi connectivity index (χ1n) is 5.68. The number of halogens is 1. The molecule has 0 saturated heterocycles. The minimum absolute atomic E-state index is 0.424. The van der Waals surface area contributed by atoms with E-state index in [0.717, 1.165) is 16.7 Å². The fourth-order valence-electron chi connectivity index (χ4n) is 1.86. The van der Waals surface area contributed by atoms with Crippen LogP contribution in [0.5, 0.6) is 0 Å². The highest BCUT2D eigenvalue weighted by Crippen LogP contribution is 2.30. The molecule has 2 heterocycles. The third-order valence-corrected chi connectivity index (χ3v) is 3.14. The number of pyridine rings is 1. The monoisotopic (exact) mass is 236 g/mol. The summed E-state index contributed by atoms with van der Waals surface area (Å²) in [6, 6.07) is 2.19. The largest absolute Gasteiger partial charge is 0.358 e. The second-order valence-corrected chi connectivity index (χ2v) is 5.21. The summed E-state index contributed by atoms with van der Waals surface area (Å²) in [7, 11) is 0. The first kappa shape index (κ1) is 11.5. The minimum Gasteiger partial charge on any atom is -0.358 e. The molecule has 1 N–H and O–H groups in total. The van der Waals surface area contributed by atoms with Crippen LogP contribution in [-0.4, -0.2) is 9.97 Å². The Bertz CT molecular complexity index is 512. The van der Waals surface area contributed by atoms with Crippen LogP contribution in [0.3, 0.4) is 0 Å². The highest BCUT2D eigenvalue weighted by atomic mass is 35.5. The van der Waals surface area contributed by atoms with Gasteiger partial charge in [0.15, 0.2) is 0 Å². The van der Waals surface area contributed by atoms with Crippen molar-refractivity contribution < 1.29 is 0 Å². The van der Waals surface area contributed by atoms with Crippen LogP contribution in [-0.2, 0) is 0 Å². The van der Waals surface area contributed by atoms with Crippen molar-refractivity contribution in [3.63, 3.8) is 0 Å². The van der Waals surface area contributed by atoms with Gasteiger partial charge in [-0.2, -0.15) is 0 Å². The molecule has 0 bridgehead atoms. The Morgan fingerprint density at radius 2 is 1.88 bits per heavy atom. The van der Waals surface area contributed by atoms with Crippen LogP contribution in [0.1, 0.15) is 50.8 Å². The van der Waals surface area contributed by atoms with Gasteiger partial charge < -0.3 is 4.98 Å². The number of hydrogen-bond acceptors (Lipinski definition) is 1. The zero-order valence-electron chi connectivity index (χ0n) is 10.1. The molecule has 2 rings (SSSR count). The number of aromatic nitrogens is 2. The minimum atomic E-state index is 0.424. The molecule has 3 heteroatoms. The summed E-state index contributed by atoms with van der Waals surface area (Å²) in [5, 5.41) is 0.708. The zero-order valence-corrected chi connectivity index (χ0v) is 10.9. The Hall–Kier alpha value is -1.02. The van der Waals surface area contributed by atoms with Gasteiger partial charge in [0.2, 0.25) is 0 Å². The second kappa shape index (κ2) is 4.10. The van der Waals surface area contributed by atoms with E-state index in [2.05, 4.69) is 43.7 Å². The lowest BCUT2D eigenvalue weighted by atomic mass is 9.99. The lowest BCUT2D eigenvalue weighted by molar-refractivity contribution is 0.810. The smallest absolute Gasteiger partial charge is 0.107 e. The van der Waals surface area contributed by atoms with Gasteiger partial charge in [-0.25, -0.2) is 4.98 Å². The Morgan fingerprint density at radius 1 is 1.19 bits per heavy atom. The standard InChI is InChI=1S/C13H17ClN2/c1-7(2)9-5-11(8(3)4)16-13-10(14)6-15-12(9)13/h5-8,15H,1-4H3. The molecule has 0 fully saturated rings. The molecule has 0 unspecified atom stereocenters. The number of aromatic amines is 1. The van der Waals surface area contributed by atoms with E-state index in [9.17, 15) is 0 Å². The van der Waals surface area contributed by atoms with Gasteiger partial charge in [-0.3, -0.25) is 0 Å². The molecule has 86 valence electrons. The van der Waals surface area contributed by atoms with Gasteiger partial charge in [0, 0.05) is 11.9 Å². The molecular formula is C13H17ClN2. The molecule has 0 aliphatic carbocycles. The normalized spacial score (nSPS) is 11.9. The van der Waals surface area contributed by atoms with E-state index in [0.29, 0.717) is 16.9 Å². The maximum absolute atomic E-state index is 6.13. The molecule has 0 aliphatic heterocycles. The number of hydrogen-bond donors (Lipinski definition) is 1. The van der Waals surface area contributed by atoms with Gasteiger partial charge in [0.05, 0.1) is 10.5 Å². The highest BCUT2D eigenvalue weighted by Gasteiger charge is 2.14. The lowest BCUT2D eigenvalue weighted by Crippen LogP contribution is -1.98. The fourth-order valence-corrected chi connectivity index (χ4v) is 2.06. The lowest BCUT2D eigenvalue weighted by Gasteiger charge is -2.11. The van der Waals surface area contributed by atoms with E-state index >= 15 is 0 Å². The maximum Gasteiger partial charge on any atom is 0.107 e. The van der Waals surface area contributed by atoms with Crippen LogP contribution in [0, 0.1) is 0 Å². The quantitative estimate of drug-likeness (QED) is 0.819. The van der Waals surface area contributed by atoms with Crippen molar-refractivity contribution in [3.05, 3.63) is 28.5 Å². The van der Waals surface area contributed by atoms with E-state index in [-0.39, 0.29) is 0 Å². The summed E-state index contributed by atoms with van der Waals surface area (Å²) in [4.78, 5) is 7.82. The fraction of sp³-hybridized carbons (Fsp3) is 0.462. The van der Waals surface area contributed by atoms with Crippen LogP contribution in [0.25, 0.3) is 11.0 Å². The number of nitrogens with one attached hydrogen (secondary N) is 1. The molecule has 2 aromatic heterocycles. The Morgan fingerprint density at radius 3 is 2.44 bits per heavy atom. The molecule has 0 radical (unpaired) electrons. The summed E-state index contributed by atoms with van der Waals surface area (Å²) in [5.74, 6) is 0.894. The third-order valence-electron chi connectivity index (χ3n) is 2.85. The molecule has 0 aliphatic rings. The predicted octanol–water partition coefficient (Wildman–Crippen LogP) is 4.46. The predicted molar refractivity (Wildman–Crippen MR) is 69.3 cm³/mol. The average Bonchev–Trinajstić information content (AvgIpc) is 2.59. The Balaban J connectivity index is 2.75. The number of fused-ring (bicyclic) bond motifs is 1. The van der Waals surface area contributed by atoms with Crippen molar-refractivity contribution in [2.45, 2.75) is 39.5 Å². The molecule has 2 nitrogen and oxygen atoms in total. The van der Waals surface area contributed by atoms with E-state index in [4.69, 9.17) is 11.6 Å². The van der Waals surface area contributed by atoms with Gasteiger partial charge >= 0.3 is 0 Å². The van der Waals surface area contributed by atoms with Crippen molar-refractivity contribution in [1.82, 2.24) is 9.97 Å². The van der Waals surface area contributed by atoms with Crippen LogP contribution < -0.4 is 0 Å². The molecule has 0 saturated carbocycles. The summed E-state index contributed by atoms with van der Waals surface area (Å²) in [6.45, 7) is 8.68. The van der Waals surface area contributed by atoms with Gasteiger partial charge in [0.1, 0.15) is 5.52 Å². The van der Waals surface area contributed by atoms with E-state index in [1.165, 1.54) is 5.56 Å². The highest BCUT2D eigenvalue weighted by molar-refractivity contribution is 6.35. The van der Waals surface area contributed by atoms with Gasteiger partial charge in [-0.15, -0.1) is 0 Å². The summed E-state index contributed by atoms with van der Waals surface area (Å²) in [5.41, 5.74) is 4.37. The van der Waals surface area contributed by atoms with E-state index in [1.54, 1.807) is 0 Å². The third kappa shape index (κ3) is 1.82. The van der Waals surface area contributed by atoms with Gasteiger partial charge in [-0.1, -0.05) is 39.3 Å². The van der Waals surface area contributed by atoms with Gasteiger partial charge in [-0.05, 0) is 23.5 Å². The van der Waals surface area contributed by atoms with Crippen molar-refractivity contribution in [2.75, 3.05) is 0 Å². The summed E-state index contributed by atoms with van der Waals surface area (Å²) >= 11 is 6.13. The molecule has 0 spiro atoms. The SMILES string of the molecule is CC(C)c1cc(C(C)C)c2[nH]cc(Cl)c2n1. The summed E-state index contributed by atoms with van der Waals surface area (Å²) in [6.07, 6.45) is 1.81. The van der Waals surface area contributed by atoms with Crippen LogP contribution in [0.15, 0.2) is 12.3 Å². The van der Waals surface area contributed by atoms with Crippen LogP contribution in [0.2, 0.25) is 5.02 Å². The van der Waals surface area contributed by atoms with Crippen molar-refractivity contribution in [3.8, 4) is 0 Å². The van der Waals surface area contributed by atoms with Crippen molar-refractivity contribution in [2.24, 2.45) is 0 Å². The van der Waals surface area contributed by atoms with Crippen molar-refractivity contribution in [1.29, 1.82) is 0 Å². The summed E-state index contributed by atoms with van der Waals surface area (Å²) < 4.78 is 0. The molecule has 0 aromatic carbocycles. The first-order chi connectivity index (χ1) is 7.50. The zero-order chi connectivity index (χ0) is 11.9. The maximum atomic E-state index is 6.13. The Kier molecular flexibility index (Phi) is 2.94. The number of H-pyrrole nitrogens is 1. The first-order valence-corrected chi connectivity index (χ1v) is 6.06. The molecule has 2 aromatic rings. The molecule has 16 heavy (non-hydrogen) atoms. The second-order valence-electron chi connectivity index (χ2n) is 4.81. The van der Waals surface area contributed by atoms with E-state index in [1.807, 2.05) is 6.20 Å². The molecule has 0 amide bonds. The topological polar surface area (TPSA) is 28.7 Å². The van der Waals surface area contributed by atoms with E-state index < -0.39 is 0 Å². The van der Waals surface area contributed by atoms with Crippen molar-refractivity contribution >= 4 is 22.6 Å².